The fourth-order valence-electron chi connectivity index (χ4n) is 2.26. The Morgan fingerprint density at radius 1 is 1.25 bits per heavy atom. The molecule has 3 rings (SSSR count). The highest BCUT2D eigenvalue weighted by atomic mass is 32.2. The predicted molar refractivity (Wildman–Crippen MR) is 81.6 cm³/mol. The van der Waals surface area contributed by atoms with Crippen molar-refractivity contribution in [2.45, 2.75) is 11.7 Å². The van der Waals surface area contributed by atoms with E-state index in [0.717, 1.165) is 16.5 Å². The molecule has 1 unspecified atom stereocenters. The summed E-state index contributed by atoms with van der Waals surface area (Å²) >= 11 is 1.47. The maximum absolute atomic E-state index is 12.1. The summed E-state index contributed by atoms with van der Waals surface area (Å²) < 4.78 is 0. The van der Waals surface area contributed by atoms with Crippen LogP contribution in [0.3, 0.4) is 0 Å². The third-order valence-electron chi connectivity index (χ3n) is 3.26. The highest BCUT2D eigenvalue weighted by molar-refractivity contribution is 8.01. The molecule has 0 bridgehead atoms. The van der Waals surface area contributed by atoms with E-state index in [1.54, 1.807) is 0 Å². The van der Waals surface area contributed by atoms with Crippen LogP contribution in [-0.4, -0.2) is 22.9 Å². The van der Waals surface area contributed by atoms with Crippen LogP contribution >= 0.6 is 11.8 Å². The Morgan fingerprint density at radius 2 is 2.05 bits per heavy atom. The Labute approximate surface area is 120 Å². The van der Waals surface area contributed by atoms with Gasteiger partial charge >= 0.3 is 0 Å². The fourth-order valence-corrected chi connectivity index (χ4v) is 3.19. The van der Waals surface area contributed by atoms with Gasteiger partial charge in [-0.2, -0.15) is 0 Å². The monoisotopic (exact) mass is 286 g/mol. The van der Waals surface area contributed by atoms with E-state index >= 15 is 0 Å². The Balaban J connectivity index is 1.76. The van der Waals surface area contributed by atoms with Gasteiger partial charge in [0.05, 0.1) is 11.1 Å². The number of carbonyl (C=O) groups excluding carboxylic acids is 2. The van der Waals surface area contributed by atoms with E-state index in [4.69, 9.17) is 0 Å². The van der Waals surface area contributed by atoms with E-state index in [-0.39, 0.29) is 23.5 Å². The quantitative estimate of drug-likeness (QED) is 0.910. The molecule has 0 aromatic heterocycles. The van der Waals surface area contributed by atoms with Crippen LogP contribution in [0.1, 0.15) is 6.42 Å². The largest absolute Gasteiger partial charge is 0.346 e. The Hall–Kier alpha value is -2.01. The molecule has 0 radical (unpaired) electrons. The van der Waals surface area contributed by atoms with Crippen molar-refractivity contribution >= 4 is 40.0 Å². The van der Waals surface area contributed by atoms with Gasteiger partial charge in [0.1, 0.15) is 0 Å². The number of rotatable bonds is 3. The van der Waals surface area contributed by atoms with Gasteiger partial charge < -0.3 is 10.6 Å². The molecule has 2 aromatic rings. The average molecular weight is 286 g/mol. The normalized spacial score (nSPS) is 18.0. The van der Waals surface area contributed by atoms with Crippen molar-refractivity contribution in [2.24, 2.45) is 0 Å². The lowest BCUT2D eigenvalue weighted by atomic mass is 10.1. The first-order valence-corrected chi connectivity index (χ1v) is 7.46. The SMILES string of the molecule is O=C(CC1SCNC1=O)Nc1cccc2ccccc12. The van der Waals surface area contributed by atoms with E-state index in [9.17, 15) is 9.59 Å². The lowest BCUT2D eigenvalue weighted by Crippen LogP contribution is -2.26. The molecule has 1 aliphatic heterocycles. The first-order chi connectivity index (χ1) is 9.74. The van der Waals surface area contributed by atoms with Crippen LogP contribution in [-0.2, 0) is 9.59 Å². The predicted octanol–water partition coefficient (Wildman–Crippen LogP) is 2.36. The maximum Gasteiger partial charge on any atom is 0.234 e. The molecule has 4 nitrogen and oxygen atoms in total. The van der Waals surface area contributed by atoms with Crippen molar-refractivity contribution in [1.82, 2.24) is 5.32 Å². The molecule has 2 amide bonds. The number of fused-ring (bicyclic) bond motifs is 1. The van der Waals surface area contributed by atoms with E-state index in [1.165, 1.54) is 11.8 Å². The van der Waals surface area contributed by atoms with Crippen LogP contribution < -0.4 is 10.6 Å². The zero-order chi connectivity index (χ0) is 13.9. The molecule has 5 heteroatoms. The number of benzene rings is 2. The number of carbonyl (C=O) groups is 2. The zero-order valence-corrected chi connectivity index (χ0v) is 11.6. The number of hydrogen-bond acceptors (Lipinski definition) is 3. The van der Waals surface area contributed by atoms with Crippen molar-refractivity contribution in [3.63, 3.8) is 0 Å². The molecule has 1 saturated heterocycles. The van der Waals surface area contributed by atoms with Crippen molar-refractivity contribution in [3.8, 4) is 0 Å². The molecule has 2 N–H and O–H groups in total. The minimum Gasteiger partial charge on any atom is -0.346 e. The molecule has 1 fully saturated rings. The topological polar surface area (TPSA) is 58.2 Å². The summed E-state index contributed by atoms with van der Waals surface area (Å²) in [4.78, 5) is 23.5. The second kappa shape index (κ2) is 5.54. The molecule has 1 atom stereocenters. The van der Waals surface area contributed by atoms with E-state index < -0.39 is 0 Å². The number of nitrogens with one attached hydrogen (secondary N) is 2. The van der Waals surface area contributed by atoms with Gasteiger partial charge in [-0.15, -0.1) is 11.8 Å². The molecule has 102 valence electrons. The molecule has 0 spiro atoms. The van der Waals surface area contributed by atoms with Gasteiger partial charge in [0.15, 0.2) is 0 Å². The molecule has 0 aliphatic carbocycles. The summed E-state index contributed by atoms with van der Waals surface area (Å²) in [6.07, 6.45) is 0.208. The molecule has 1 aliphatic rings. The molecular formula is C15H14N2O2S. The van der Waals surface area contributed by atoms with Gasteiger partial charge in [-0.05, 0) is 11.5 Å². The van der Waals surface area contributed by atoms with Gasteiger partial charge in [-0.25, -0.2) is 0 Å². The van der Waals surface area contributed by atoms with Gasteiger partial charge in [-0.3, -0.25) is 9.59 Å². The summed E-state index contributed by atoms with van der Waals surface area (Å²) in [5, 5.41) is 7.43. The molecular weight excluding hydrogens is 272 g/mol. The van der Waals surface area contributed by atoms with Crippen LogP contribution in [0.4, 0.5) is 5.69 Å². The lowest BCUT2D eigenvalue weighted by Gasteiger charge is -2.10. The third kappa shape index (κ3) is 2.63. The van der Waals surface area contributed by atoms with Gasteiger partial charge in [0.25, 0.3) is 0 Å². The van der Waals surface area contributed by atoms with Crippen LogP contribution in [0.2, 0.25) is 0 Å². The smallest absolute Gasteiger partial charge is 0.234 e. The highest BCUT2D eigenvalue weighted by Crippen LogP contribution is 2.24. The van der Waals surface area contributed by atoms with Crippen LogP contribution in [0, 0.1) is 0 Å². The van der Waals surface area contributed by atoms with Crippen LogP contribution in [0.25, 0.3) is 10.8 Å². The summed E-state index contributed by atoms with van der Waals surface area (Å²) in [5.41, 5.74) is 0.788. The first kappa shape index (κ1) is 13.0. The molecule has 2 aromatic carbocycles. The summed E-state index contributed by atoms with van der Waals surface area (Å²) in [7, 11) is 0. The Kier molecular flexibility index (Phi) is 3.60. The van der Waals surface area contributed by atoms with Crippen molar-refractivity contribution in [3.05, 3.63) is 42.5 Å². The average Bonchev–Trinajstić information content (AvgIpc) is 2.85. The second-order valence-electron chi connectivity index (χ2n) is 4.62. The van der Waals surface area contributed by atoms with Gasteiger partial charge in [0.2, 0.25) is 11.8 Å². The standard InChI is InChI=1S/C15H14N2O2S/c18-14(8-13-15(19)16-9-20-13)17-12-7-3-5-10-4-1-2-6-11(10)12/h1-7,13H,8-9H2,(H,16,19)(H,17,18). The molecule has 0 saturated carbocycles. The Morgan fingerprint density at radius 3 is 2.85 bits per heavy atom. The van der Waals surface area contributed by atoms with Crippen molar-refractivity contribution < 1.29 is 9.59 Å². The molecule has 20 heavy (non-hydrogen) atoms. The minimum absolute atomic E-state index is 0.0527. The maximum atomic E-state index is 12.1. The van der Waals surface area contributed by atoms with E-state index in [1.807, 2.05) is 42.5 Å². The third-order valence-corrected chi connectivity index (χ3v) is 4.35. The number of hydrogen-bond donors (Lipinski definition) is 2. The van der Waals surface area contributed by atoms with Crippen LogP contribution in [0.5, 0.6) is 0 Å². The number of anilines is 1. The molecule has 1 heterocycles. The van der Waals surface area contributed by atoms with Crippen LogP contribution in [0.15, 0.2) is 42.5 Å². The Bertz CT molecular complexity index is 666. The second-order valence-corrected chi connectivity index (χ2v) is 5.81. The lowest BCUT2D eigenvalue weighted by molar-refractivity contribution is -0.123. The summed E-state index contributed by atoms with van der Waals surface area (Å²) in [5.74, 6) is 0.407. The summed E-state index contributed by atoms with van der Waals surface area (Å²) in [6, 6.07) is 13.7. The van der Waals surface area contributed by atoms with Crippen molar-refractivity contribution in [1.29, 1.82) is 0 Å². The fraction of sp³-hybridized carbons (Fsp3) is 0.200. The highest BCUT2D eigenvalue weighted by Gasteiger charge is 2.27. The van der Waals surface area contributed by atoms with E-state index in [0.29, 0.717) is 5.88 Å². The number of thioether (sulfide) groups is 1. The van der Waals surface area contributed by atoms with E-state index in [2.05, 4.69) is 10.6 Å². The van der Waals surface area contributed by atoms with Gasteiger partial charge in [-0.1, -0.05) is 36.4 Å². The van der Waals surface area contributed by atoms with Gasteiger partial charge in [0, 0.05) is 17.5 Å². The zero-order valence-electron chi connectivity index (χ0n) is 10.8. The minimum atomic E-state index is -0.273. The first-order valence-electron chi connectivity index (χ1n) is 6.41. The summed E-state index contributed by atoms with van der Waals surface area (Å²) in [6.45, 7) is 0. The van der Waals surface area contributed by atoms with Crippen molar-refractivity contribution in [2.75, 3.05) is 11.2 Å². The number of amides is 2.